The maximum absolute atomic E-state index is 15.1. The van der Waals surface area contributed by atoms with Gasteiger partial charge >= 0.3 is 14.5 Å². The van der Waals surface area contributed by atoms with E-state index in [1.807, 2.05) is 65.8 Å². The average Bonchev–Trinajstić information content (AvgIpc) is 2.99. The molecule has 11 heteroatoms. The van der Waals surface area contributed by atoms with E-state index in [0.717, 1.165) is 11.3 Å². The third kappa shape index (κ3) is 6.19. The summed E-state index contributed by atoms with van der Waals surface area (Å²) >= 11 is 0. The van der Waals surface area contributed by atoms with Crippen LogP contribution in [0.25, 0.3) is 10.8 Å². The van der Waals surface area contributed by atoms with Gasteiger partial charge in [0.15, 0.2) is 14.1 Å². The lowest BCUT2D eigenvalue weighted by molar-refractivity contribution is -0.000320. The van der Waals surface area contributed by atoms with Crippen molar-refractivity contribution in [1.82, 2.24) is 0 Å². The summed E-state index contributed by atoms with van der Waals surface area (Å²) in [4.78, 5) is 28.0. The average molecular weight is 723 g/mol. The molecule has 9 nitrogen and oxygen atoms in total. The van der Waals surface area contributed by atoms with Gasteiger partial charge in [-0.2, -0.15) is 0 Å². The predicted octanol–water partition coefficient (Wildman–Crippen LogP) is 9.40. The Hall–Kier alpha value is -3.23. The number of aliphatic hydroxyl groups is 1. The molecule has 3 aromatic rings. The molecule has 0 fully saturated rings. The molecule has 0 amide bonds. The predicted molar refractivity (Wildman–Crippen MR) is 200 cm³/mol. The summed E-state index contributed by atoms with van der Waals surface area (Å²) in [5.74, 6) is -0.156. The van der Waals surface area contributed by atoms with E-state index in [-0.39, 0.29) is 40.7 Å². The van der Waals surface area contributed by atoms with Gasteiger partial charge in [-0.15, -0.1) is 0 Å². The van der Waals surface area contributed by atoms with Crippen LogP contribution < -0.4 is 13.6 Å². The summed E-state index contributed by atoms with van der Waals surface area (Å²) in [7, 11) is -4.35. The molecule has 2 atom stereocenters. The van der Waals surface area contributed by atoms with Crippen molar-refractivity contribution in [2.24, 2.45) is 0 Å². The summed E-state index contributed by atoms with van der Waals surface area (Å²) in [6.07, 6.45) is -1.23. The topological polar surface area (TPSA) is 121 Å². The van der Waals surface area contributed by atoms with E-state index in [2.05, 4.69) is 33.9 Å². The van der Waals surface area contributed by atoms with Crippen molar-refractivity contribution in [1.29, 1.82) is 0 Å². The summed E-state index contributed by atoms with van der Waals surface area (Å²) in [5.41, 5.74) is 2.77. The van der Waals surface area contributed by atoms with Gasteiger partial charge in [0.25, 0.3) is 0 Å². The zero-order valence-electron chi connectivity index (χ0n) is 31.9. The maximum atomic E-state index is 15.1. The lowest BCUT2D eigenvalue weighted by Gasteiger charge is -2.51. The molecule has 0 spiro atoms. The monoisotopic (exact) mass is 722 g/mol. The van der Waals surface area contributed by atoms with Crippen LogP contribution in [0.2, 0.25) is 28.2 Å². The Morgan fingerprint density at radius 2 is 1.54 bits per heavy atom. The van der Waals surface area contributed by atoms with Gasteiger partial charge in [0.2, 0.25) is 0 Å². The molecule has 1 heterocycles. The molecule has 0 bridgehead atoms. The number of ketones is 1. The highest BCUT2D eigenvalue weighted by Crippen LogP contribution is 2.60. The van der Waals surface area contributed by atoms with Crippen LogP contribution in [0.1, 0.15) is 118 Å². The molecular formula is C39H54O9Si2. The molecule has 0 radical (unpaired) electrons. The Balaban J connectivity index is 1.86. The summed E-state index contributed by atoms with van der Waals surface area (Å²) in [5, 5.41) is 21.4. The molecule has 5 rings (SSSR count). The highest BCUT2D eigenvalue weighted by atomic mass is 28.4. The number of fused-ring (bicyclic) bond motifs is 2. The summed E-state index contributed by atoms with van der Waals surface area (Å²) in [6, 6.07) is 9.38. The third-order valence-electron chi connectivity index (χ3n) is 10.8. The molecule has 1 aliphatic carbocycles. The van der Waals surface area contributed by atoms with Crippen molar-refractivity contribution in [2.75, 3.05) is 7.11 Å². The zero-order chi connectivity index (χ0) is 37.4. The van der Waals surface area contributed by atoms with Crippen molar-refractivity contribution >= 4 is 39.4 Å². The van der Waals surface area contributed by atoms with Crippen molar-refractivity contribution in [3.63, 3.8) is 0 Å². The standard InChI is InChI=1S/C39H54O9Si2/c1-22-18-25-26(20-40)30-27(45-21-23-14-16-24(44-11)17-15-23)19-28(46-49(12,13)37(2,3)4)33(41)32(30)35-31(25)34(29(22)36(42)43)47-50(48-35,38(5,6)7)39(8,9)10/h14-18,27-28,40H,19-21H2,1-13H3,(H,42,43)/t27-,28-/m0/s1. The number of ether oxygens (including phenoxy) is 2. The second-order valence-electron chi connectivity index (χ2n) is 17.3. The molecule has 0 aromatic heterocycles. The van der Waals surface area contributed by atoms with Crippen LogP contribution in [-0.2, 0) is 22.4 Å². The van der Waals surface area contributed by atoms with Gasteiger partial charge in [-0.1, -0.05) is 74.4 Å². The van der Waals surface area contributed by atoms with E-state index in [1.165, 1.54) is 0 Å². The van der Waals surface area contributed by atoms with E-state index in [1.54, 1.807) is 20.1 Å². The van der Waals surface area contributed by atoms with E-state index in [0.29, 0.717) is 33.2 Å². The number of hydrogen-bond acceptors (Lipinski definition) is 8. The highest BCUT2D eigenvalue weighted by Gasteiger charge is 2.65. The SMILES string of the molecule is COc1ccc(CO[C@H]2C[C@H](O[Si](C)(C)C(C)(C)C)C(=O)c3c2c(CO)c2cc(C)c(C(=O)O)c4c2c3O[Si](C(C)(C)C)(C(C)(C)C)O4)cc1. The second-order valence-corrected chi connectivity index (χ2v) is 26.7. The molecule has 0 unspecified atom stereocenters. The van der Waals surface area contributed by atoms with Crippen LogP contribution in [0.15, 0.2) is 30.3 Å². The summed E-state index contributed by atoms with van der Waals surface area (Å²) < 4.78 is 33.2. The minimum absolute atomic E-state index is 0.0286. The van der Waals surface area contributed by atoms with Gasteiger partial charge in [-0.25, -0.2) is 4.79 Å². The first-order valence-corrected chi connectivity index (χ1v) is 22.1. The molecular weight excluding hydrogens is 669 g/mol. The number of Topliss-reactive ketones (excluding diaryl/α,β-unsaturated/α-hetero) is 1. The minimum Gasteiger partial charge on any atom is -0.510 e. The Morgan fingerprint density at radius 1 is 0.960 bits per heavy atom. The zero-order valence-corrected chi connectivity index (χ0v) is 33.9. The van der Waals surface area contributed by atoms with Gasteiger partial charge in [-0.05, 0) is 65.3 Å². The Bertz CT molecular complexity index is 1810. The van der Waals surface area contributed by atoms with Crippen molar-refractivity contribution < 1.29 is 42.6 Å². The third-order valence-corrected chi connectivity index (χ3v) is 20.3. The first kappa shape index (κ1) is 38.0. The van der Waals surface area contributed by atoms with E-state index >= 15 is 4.79 Å². The number of carboxylic acid groups (broad SMARTS) is 1. The van der Waals surface area contributed by atoms with Crippen LogP contribution in [0.4, 0.5) is 0 Å². The van der Waals surface area contributed by atoms with Gasteiger partial charge < -0.3 is 33.0 Å². The molecule has 0 saturated carbocycles. The van der Waals surface area contributed by atoms with Gasteiger partial charge in [0, 0.05) is 22.1 Å². The van der Waals surface area contributed by atoms with Crippen molar-refractivity contribution in [3.8, 4) is 17.2 Å². The number of rotatable bonds is 8. The Morgan fingerprint density at radius 3 is 2.04 bits per heavy atom. The first-order valence-electron chi connectivity index (χ1n) is 17.3. The Labute approximate surface area is 298 Å². The van der Waals surface area contributed by atoms with Crippen LogP contribution >= 0.6 is 0 Å². The van der Waals surface area contributed by atoms with E-state index < -0.39 is 51.7 Å². The fourth-order valence-electron chi connectivity index (χ4n) is 7.36. The van der Waals surface area contributed by atoms with Crippen LogP contribution in [0, 0.1) is 6.92 Å². The normalized spacial score (nSPS) is 19.1. The maximum Gasteiger partial charge on any atom is 0.471 e. The lowest BCUT2D eigenvalue weighted by Crippen LogP contribution is -2.63. The number of hydrogen-bond donors (Lipinski definition) is 2. The number of carboxylic acids is 1. The molecule has 2 N–H and O–H groups in total. The van der Waals surface area contributed by atoms with E-state index in [4.69, 9.17) is 22.8 Å². The van der Waals surface area contributed by atoms with Crippen molar-refractivity contribution in [2.45, 2.75) is 129 Å². The fourth-order valence-corrected chi connectivity index (χ4v) is 13.1. The van der Waals surface area contributed by atoms with Gasteiger partial charge in [-0.3, -0.25) is 4.79 Å². The van der Waals surface area contributed by atoms with Crippen LogP contribution in [-0.4, -0.2) is 52.1 Å². The Kier molecular flexibility index (Phi) is 9.71. The number of benzene rings is 3. The number of aryl methyl sites for hydroxylation is 1. The molecule has 0 saturated heterocycles. The van der Waals surface area contributed by atoms with Crippen LogP contribution in [0.3, 0.4) is 0 Å². The first-order chi connectivity index (χ1) is 23.0. The number of aliphatic hydroxyl groups excluding tert-OH is 1. The number of carbonyl (C=O) groups excluding carboxylic acids is 1. The largest absolute Gasteiger partial charge is 0.510 e. The van der Waals surface area contributed by atoms with E-state index in [9.17, 15) is 15.0 Å². The second kappa shape index (κ2) is 12.8. The number of carbonyl (C=O) groups is 2. The summed E-state index contributed by atoms with van der Waals surface area (Å²) in [6.45, 7) is 24.5. The molecule has 3 aromatic carbocycles. The molecule has 2 aliphatic rings. The lowest BCUT2D eigenvalue weighted by atomic mass is 9.79. The number of methoxy groups -OCH3 is 1. The van der Waals surface area contributed by atoms with Crippen LogP contribution in [0.5, 0.6) is 17.2 Å². The molecule has 50 heavy (non-hydrogen) atoms. The highest BCUT2D eigenvalue weighted by molar-refractivity contribution is 6.75. The molecule has 1 aliphatic heterocycles. The fraction of sp³-hybridized carbons (Fsp3) is 0.538. The number of aromatic carboxylic acids is 1. The minimum atomic E-state index is -3.49. The smallest absolute Gasteiger partial charge is 0.471 e. The van der Waals surface area contributed by atoms with Gasteiger partial charge in [0.1, 0.15) is 28.9 Å². The molecule has 272 valence electrons. The quantitative estimate of drug-likeness (QED) is 0.219. The van der Waals surface area contributed by atoms with Crippen molar-refractivity contribution in [3.05, 3.63) is 63.7 Å². The van der Waals surface area contributed by atoms with Gasteiger partial charge in [0.05, 0.1) is 37.4 Å².